The second-order valence-electron chi connectivity index (χ2n) is 6.22. The number of hydrogen-bond donors (Lipinski definition) is 2. The molecule has 0 heterocycles. The number of amides is 1. The Morgan fingerprint density at radius 3 is 2.29 bits per heavy atom. The van der Waals surface area contributed by atoms with Gasteiger partial charge in [-0.15, -0.1) is 0 Å². The van der Waals surface area contributed by atoms with E-state index in [0.717, 1.165) is 32.1 Å². The van der Waals surface area contributed by atoms with Gasteiger partial charge in [-0.25, -0.2) is 0 Å². The standard InChI is InChI=1S/C17H21NO3/c19-16(13-9-11-5-1-2-6-12(11)10-13)18-15-8-4-3-7-14(15)17(20)21/h1-2,5-6,13-15H,3-4,7-10H2,(H,18,19)(H,20,21). The molecule has 1 aromatic carbocycles. The summed E-state index contributed by atoms with van der Waals surface area (Å²) in [4.78, 5) is 23.7. The monoisotopic (exact) mass is 287 g/mol. The zero-order valence-corrected chi connectivity index (χ0v) is 12.0. The number of nitrogens with one attached hydrogen (secondary N) is 1. The van der Waals surface area contributed by atoms with E-state index in [1.165, 1.54) is 11.1 Å². The molecule has 4 nitrogen and oxygen atoms in total. The number of carbonyl (C=O) groups is 2. The Morgan fingerprint density at radius 2 is 1.67 bits per heavy atom. The highest BCUT2D eigenvalue weighted by Crippen LogP contribution is 2.28. The van der Waals surface area contributed by atoms with Crippen molar-refractivity contribution in [2.45, 2.75) is 44.6 Å². The van der Waals surface area contributed by atoms with Crippen LogP contribution in [0.5, 0.6) is 0 Å². The first-order valence-electron chi connectivity index (χ1n) is 7.75. The molecule has 2 aliphatic carbocycles. The predicted molar refractivity (Wildman–Crippen MR) is 78.9 cm³/mol. The predicted octanol–water partition coefficient (Wildman–Crippen LogP) is 2.16. The van der Waals surface area contributed by atoms with Gasteiger partial charge in [-0.3, -0.25) is 9.59 Å². The van der Waals surface area contributed by atoms with Crippen LogP contribution in [-0.2, 0) is 22.4 Å². The van der Waals surface area contributed by atoms with Gasteiger partial charge in [0.1, 0.15) is 0 Å². The highest BCUT2D eigenvalue weighted by Gasteiger charge is 2.34. The number of rotatable bonds is 3. The molecular formula is C17H21NO3. The van der Waals surface area contributed by atoms with Crippen molar-refractivity contribution in [3.05, 3.63) is 35.4 Å². The molecule has 3 rings (SSSR count). The van der Waals surface area contributed by atoms with E-state index in [-0.39, 0.29) is 17.9 Å². The molecular weight excluding hydrogens is 266 g/mol. The van der Waals surface area contributed by atoms with Gasteiger partial charge >= 0.3 is 5.97 Å². The van der Waals surface area contributed by atoms with Crippen molar-refractivity contribution < 1.29 is 14.7 Å². The second kappa shape index (κ2) is 5.88. The van der Waals surface area contributed by atoms with Gasteiger partial charge in [-0.05, 0) is 36.8 Å². The molecule has 0 bridgehead atoms. The first-order chi connectivity index (χ1) is 10.1. The lowest BCUT2D eigenvalue weighted by Crippen LogP contribution is -2.47. The highest BCUT2D eigenvalue weighted by molar-refractivity contribution is 5.81. The van der Waals surface area contributed by atoms with Crippen LogP contribution in [0.3, 0.4) is 0 Å². The van der Waals surface area contributed by atoms with E-state index in [2.05, 4.69) is 17.4 Å². The zero-order chi connectivity index (χ0) is 14.8. The lowest BCUT2D eigenvalue weighted by atomic mass is 9.84. The molecule has 21 heavy (non-hydrogen) atoms. The third-order valence-electron chi connectivity index (χ3n) is 4.83. The van der Waals surface area contributed by atoms with Crippen molar-refractivity contribution in [1.29, 1.82) is 0 Å². The maximum atomic E-state index is 12.4. The van der Waals surface area contributed by atoms with Crippen molar-refractivity contribution >= 4 is 11.9 Å². The van der Waals surface area contributed by atoms with Crippen LogP contribution >= 0.6 is 0 Å². The summed E-state index contributed by atoms with van der Waals surface area (Å²) in [6, 6.07) is 7.95. The normalized spacial score (nSPS) is 25.3. The molecule has 4 heteroatoms. The molecule has 0 aromatic heterocycles. The molecule has 112 valence electrons. The van der Waals surface area contributed by atoms with Gasteiger partial charge in [-0.2, -0.15) is 0 Å². The summed E-state index contributed by atoms with van der Waals surface area (Å²) in [5.74, 6) is -1.23. The molecule has 0 spiro atoms. The van der Waals surface area contributed by atoms with Crippen LogP contribution < -0.4 is 5.32 Å². The maximum absolute atomic E-state index is 12.4. The van der Waals surface area contributed by atoms with Gasteiger partial charge in [-0.1, -0.05) is 37.1 Å². The third-order valence-corrected chi connectivity index (χ3v) is 4.83. The summed E-state index contributed by atoms with van der Waals surface area (Å²) >= 11 is 0. The van der Waals surface area contributed by atoms with Gasteiger partial charge in [0.05, 0.1) is 5.92 Å². The summed E-state index contributed by atoms with van der Waals surface area (Å²) in [5.41, 5.74) is 2.49. The van der Waals surface area contributed by atoms with Crippen molar-refractivity contribution in [3.8, 4) is 0 Å². The van der Waals surface area contributed by atoms with Crippen LogP contribution in [0.25, 0.3) is 0 Å². The van der Waals surface area contributed by atoms with Crippen molar-refractivity contribution in [2.75, 3.05) is 0 Å². The quantitative estimate of drug-likeness (QED) is 0.895. The van der Waals surface area contributed by atoms with E-state index < -0.39 is 11.9 Å². The van der Waals surface area contributed by atoms with Gasteiger partial charge < -0.3 is 10.4 Å². The average Bonchev–Trinajstić information content (AvgIpc) is 2.91. The van der Waals surface area contributed by atoms with E-state index in [1.807, 2.05) is 12.1 Å². The Morgan fingerprint density at radius 1 is 1.05 bits per heavy atom. The van der Waals surface area contributed by atoms with E-state index in [1.54, 1.807) is 0 Å². The Labute approximate surface area is 124 Å². The molecule has 2 atom stereocenters. The minimum Gasteiger partial charge on any atom is -0.481 e. The molecule has 1 amide bonds. The van der Waals surface area contributed by atoms with Crippen LogP contribution in [0.15, 0.2) is 24.3 Å². The minimum atomic E-state index is -0.783. The summed E-state index contributed by atoms with van der Waals surface area (Å²) in [6.45, 7) is 0. The van der Waals surface area contributed by atoms with Gasteiger partial charge in [0, 0.05) is 12.0 Å². The molecule has 0 radical (unpaired) electrons. The first-order valence-corrected chi connectivity index (χ1v) is 7.75. The van der Waals surface area contributed by atoms with Gasteiger partial charge in [0.15, 0.2) is 0 Å². The largest absolute Gasteiger partial charge is 0.481 e. The third kappa shape index (κ3) is 2.94. The molecule has 0 saturated heterocycles. The summed E-state index contributed by atoms with van der Waals surface area (Å²) in [5, 5.41) is 12.3. The van der Waals surface area contributed by atoms with Crippen molar-refractivity contribution in [2.24, 2.45) is 11.8 Å². The van der Waals surface area contributed by atoms with E-state index in [9.17, 15) is 14.7 Å². The lowest BCUT2D eigenvalue weighted by molar-refractivity contribution is -0.144. The number of fused-ring (bicyclic) bond motifs is 1. The molecule has 2 N–H and O–H groups in total. The lowest BCUT2D eigenvalue weighted by Gasteiger charge is -2.30. The van der Waals surface area contributed by atoms with E-state index in [0.29, 0.717) is 6.42 Å². The SMILES string of the molecule is O=C(NC1CCCCC1C(=O)O)C1Cc2ccccc2C1. The van der Waals surface area contributed by atoms with Gasteiger partial charge in [0.25, 0.3) is 0 Å². The number of aliphatic carboxylic acids is 1. The van der Waals surface area contributed by atoms with Gasteiger partial charge in [0.2, 0.25) is 5.91 Å². The summed E-state index contributed by atoms with van der Waals surface area (Å²) < 4.78 is 0. The Kier molecular flexibility index (Phi) is 3.95. The average molecular weight is 287 g/mol. The highest BCUT2D eigenvalue weighted by atomic mass is 16.4. The summed E-state index contributed by atoms with van der Waals surface area (Å²) in [6.07, 6.45) is 4.93. The molecule has 1 aromatic rings. The Bertz CT molecular complexity index is 530. The van der Waals surface area contributed by atoms with E-state index >= 15 is 0 Å². The second-order valence-corrected chi connectivity index (χ2v) is 6.22. The van der Waals surface area contributed by atoms with Crippen LogP contribution in [0.2, 0.25) is 0 Å². The molecule has 0 aliphatic heterocycles. The maximum Gasteiger partial charge on any atom is 0.308 e. The first kappa shape index (κ1) is 14.1. The molecule has 1 fully saturated rings. The number of carboxylic acid groups (broad SMARTS) is 1. The minimum absolute atomic E-state index is 0.0179. The Hall–Kier alpha value is -1.84. The number of carbonyl (C=O) groups excluding carboxylic acids is 1. The van der Waals surface area contributed by atoms with Crippen LogP contribution in [0.4, 0.5) is 0 Å². The van der Waals surface area contributed by atoms with Crippen LogP contribution in [-0.4, -0.2) is 23.0 Å². The smallest absolute Gasteiger partial charge is 0.308 e. The molecule has 2 unspecified atom stereocenters. The van der Waals surface area contributed by atoms with Crippen molar-refractivity contribution in [3.63, 3.8) is 0 Å². The number of hydrogen-bond acceptors (Lipinski definition) is 2. The van der Waals surface area contributed by atoms with Crippen molar-refractivity contribution in [1.82, 2.24) is 5.32 Å². The summed E-state index contributed by atoms with van der Waals surface area (Å²) in [7, 11) is 0. The fourth-order valence-electron chi connectivity index (χ4n) is 3.64. The van der Waals surface area contributed by atoms with E-state index in [4.69, 9.17) is 0 Å². The topological polar surface area (TPSA) is 66.4 Å². The van der Waals surface area contributed by atoms with Crippen LogP contribution in [0, 0.1) is 11.8 Å². The number of benzene rings is 1. The fraction of sp³-hybridized carbons (Fsp3) is 0.529. The molecule has 1 saturated carbocycles. The number of carboxylic acids is 1. The fourth-order valence-corrected chi connectivity index (χ4v) is 3.64. The van der Waals surface area contributed by atoms with Crippen LogP contribution in [0.1, 0.15) is 36.8 Å². The Balaban J connectivity index is 1.63. The zero-order valence-electron chi connectivity index (χ0n) is 12.0. The molecule has 2 aliphatic rings.